The number of nitrogens with zero attached hydrogens (tertiary/aromatic N) is 1. The number of hydrogen-bond donors (Lipinski definition) is 5. The molecule has 2 amide bonds. The first kappa shape index (κ1) is 28.3. The number of hydrogen-bond acceptors (Lipinski definition) is 7. The summed E-state index contributed by atoms with van der Waals surface area (Å²) in [5, 5.41) is 50.7. The number of fused-ring (bicyclic) bond motifs is 1. The maximum atomic E-state index is 13.5. The number of carbonyl (C=O) groups is 2. The van der Waals surface area contributed by atoms with Gasteiger partial charge in [0, 0.05) is 16.0 Å². The molecule has 0 aromatic heterocycles. The van der Waals surface area contributed by atoms with E-state index in [1.54, 1.807) is 30.3 Å². The van der Waals surface area contributed by atoms with Crippen LogP contribution in [0.5, 0.6) is 5.75 Å². The summed E-state index contributed by atoms with van der Waals surface area (Å²) in [4.78, 5) is 27.9. The van der Waals surface area contributed by atoms with Crippen molar-refractivity contribution in [3.05, 3.63) is 69.2 Å². The largest absolute Gasteiger partial charge is 0.507 e. The van der Waals surface area contributed by atoms with Gasteiger partial charge in [0.2, 0.25) is 11.8 Å². The van der Waals surface area contributed by atoms with Crippen LogP contribution >= 0.6 is 15.9 Å². The van der Waals surface area contributed by atoms with Gasteiger partial charge >= 0.3 is 7.12 Å². The summed E-state index contributed by atoms with van der Waals surface area (Å²) in [6.07, 6.45) is 2.09. The normalized spacial score (nSPS) is 22.7. The molecule has 4 rings (SSSR count). The fourth-order valence-electron chi connectivity index (χ4n) is 5.69. The number of benzene rings is 2. The van der Waals surface area contributed by atoms with E-state index in [4.69, 9.17) is 0 Å². The van der Waals surface area contributed by atoms with Crippen LogP contribution in [0, 0.1) is 17.8 Å². The Morgan fingerprint density at radius 1 is 1.18 bits per heavy atom. The zero-order chi connectivity index (χ0) is 27.7. The van der Waals surface area contributed by atoms with E-state index in [0.29, 0.717) is 24.0 Å². The molecule has 1 saturated heterocycles. The quantitative estimate of drug-likeness (QED) is 0.183. The van der Waals surface area contributed by atoms with E-state index >= 15 is 0 Å². The number of aliphatic hydroxyl groups excluding tert-OH is 2. The summed E-state index contributed by atoms with van der Waals surface area (Å²) in [5.74, 6) is -2.92. The monoisotopic (exact) mass is 583 g/mol. The van der Waals surface area contributed by atoms with Crippen LogP contribution in [-0.2, 0) is 9.59 Å². The third-order valence-corrected chi connectivity index (χ3v) is 8.01. The molecule has 200 valence electrons. The number of halogens is 1. The highest BCUT2D eigenvalue weighted by molar-refractivity contribution is 9.10. The second-order valence-electron chi connectivity index (χ2n) is 10.1. The minimum absolute atomic E-state index is 0.151. The molecule has 5 N–H and O–H groups in total. The van der Waals surface area contributed by atoms with E-state index < -0.39 is 49.4 Å². The fourth-order valence-corrected chi connectivity index (χ4v) is 6.07. The van der Waals surface area contributed by atoms with Gasteiger partial charge in [-0.2, -0.15) is 0 Å². The molecule has 10 heteroatoms. The summed E-state index contributed by atoms with van der Waals surface area (Å²) >= 11 is 3.39. The molecule has 0 radical (unpaired) electrons. The van der Waals surface area contributed by atoms with Gasteiger partial charge in [-0.15, -0.1) is 0 Å². The van der Waals surface area contributed by atoms with Crippen LogP contribution in [-0.4, -0.2) is 57.0 Å². The first-order chi connectivity index (χ1) is 18.0. The number of allylic oxidation sites excluding steroid dienone is 2. The van der Waals surface area contributed by atoms with E-state index in [1.807, 2.05) is 19.9 Å². The SMILES string of the molecule is CC1=C([C@H](O)CC/C(C)=C/c2cc(Br)ccc2O)[C@H](CO)[C@@H]2C(=O)N(c3cccc(B(O)O)c3)C(=O)[C@@H]2C1. The number of carbonyl (C=O) groups excluding carboxylic acids is 2. The van der Waals surface area contributed by atoms with Gasteiger partial charge in [0.05, 0.1) is 30.2 Å². The van der Waals surface area contributed by atoms with Gasteiger partial charge in [-0.1, -0.05) is 45.3 Å². The second kappa shape index (κ2) is 11.5. The highest BCUT2D eigenvalue weighted by Crippen LogP contribution is 2.47. The van der Waals surface area contributed by atoms with Crippen LogP contribution in [0.1, 0.15) is 38.7 Å². The van der Waals surface area contributed by atoms with Crippen molar-refractivity contribution in [2.75, 3.05) is 11.5 Å². The molecule has 2 aliphatic rings. The molecule has 0 spiro atoms. The van der Waals surface area contributed by atoms with E-state index in [2.05, 4.69) is 15.9 Å². The molecule has 1 heterocycles. The Hall–Kier alpha value is -2.76. The molecule has 0 bridgehead atoms. The number of rotatable bonds is 8. The number of phenolic OH excluding ortho intramolecular Hbond substituents is 1. The van der Waals surface area contributed by atoms with Crippen LogP contribution in [0.15, 0.2) is 63.7 Å². The molecule has 2 aromatic carbocycles. The summed E-state index contributed by atoms with van der Waals surface area (Å²) in [5.41, 5.74) is 3.37. The fraction of sp³-hybridized carbons (Fsp3) is 0.357. The van der Waals surface area contributed by atoms with E-state index in [1.165, 1.54) is 12.1 Å². The lowest BCUT2D eigenvalue weighted by atomic mass is 9.68. The molecule has 1 aliphatic heterocycles. The molecule has 1 aliphatic carbocycles. The minimum atomic E-state index is -1.74. The predicted octanol–water partition coefficient (Wildman–Crippen LogP) is 2.51. The number of anilines is 1. The molecule has 4 atom stereocenters. The van der Waals surface area contributed by atoms with Crippen molar-refractivity contribution in [1.82, 2.24) is 0 Å². The van der Waals surface area contributed by atoms with Gasteiger partial charge in [-0.05, 0) is 74.5 Å². The first-order valence-electron chi connectivity index (χ1n) is 12.5. The minimum Gasteiger partial charge on any atom is -0.507 e. The number of phenols is 1. The van der Waals surface area contributed by atoms with Gasteiger partial charge in [0.15, 0.2) is 0 Å². The van der Waals surface area contributed by atoms with Crippen molar-refractivity contribution in [1.29, 1.82) is 0 Å². The lowest BCUT2D eigenvalue weighted by molar-refractivity contribution is -0.123. The molecule has 1 fully saturated rings. The first-order valence-corrected chi connectivity index (χ1v) is 13.3. The highest BCUT2D eigenvalue weighted by atomic mass is 79.9. The van der Waals surface area contributed by atoms with Crippen LogP contribution in [0.2, 0.25) is 0 Å². The van der Waals surface area contributed by atoms with Crippen molar-refractivity contribution in [3.8, 4) is 5.75 Å². The number of aliphatic hydroxyl groups is 2. The van der Waals surface area contributed by atoms with Crippen molar-refractivity contribution in [3.63, 3.8) is 0 Å². The predicted molar refractivity (Wildman–Crippen MR) is 148 cm³/mol. The van der Waals surface area contributed by atoms with Crippen LogP contribution < -0.4 is 10.4 Å². The Kier molecular flexibility index (Phi) is 8.59. The van der Waals surface area contributed by atoms with Gasteiger partial charge in [0.25, 0.3) is 0 Å². The van der Waals surface area contributed by atoms with Gasteiger partial charge < -0.3 is 25.4 Å². The van der Waals surface area contributed by atoms with E-state index in [9.17, 15) is 35.0 Å². The smallest absolute Gasteiger partial charge is 0.488 e. The second-order valence-corrected chi connectivity index (χ2v) is 11.0. The van der Waals surface area contributed by atoms with Crippen LogP contribution in [0.4, 0.5) is 5.69 Å². The maximum Gasteiger partial charge on any atom is 0.488 e. The summed E-state index contributed by atoms with van der Waals surface area (Å²) < 4.78 is 0.835. The summed E-state index contributed by atoms with van der Waals surface area (Å²) in [6, 6.07) is 11.1. The Balaban J connectivity index is 1.54. The lowest BCUT2D eigenvalue weighted by Crippen LogP contribution is -2.39. The van der Waals surface area contributed by atoms with E-state index in [0.717, 1.165) is 20.5 Å². The van der Waals surface area contributed by atoms with Gasteiger partial charge in [-0.25, -0.2) is 0 Å². The van der Waals surface area contributed by atoms with Crippen LogP contribution in [0.25, 0.3) is 6.08 Å². The lowest BCUT2D eigenvalue weighted by Gasteiger charge is -2.35. The Morgan fingerprint density at radius 3 is 2.61 bits per heavy atom. The topological polar surface area (TPSA) is 139 Å². The number of aromatic hydroxyl groups is 1. The standard InChI is InChI=1S/C28H31BBrNO7/c1-15(10-17-12-19(30)7-9-23(17)33)6-8-24(34)25-16(2)11-21-26(22(25)14-32)28(36)31(27(21)35)20-5-3-4-18(13-20)29(37)38/h3-5,7,9-10,12-13,21-22,24,26,32-34,37-38H,6,8,11,14H2,1-2H3/b15-10+/t21-,22+,24-,26-/m1/s1. The van der Waals surface area contributed by atoms with Crippen molar-refractivity contribution < 1.29 is 35.0 Å². The Morgan fingerprint density at radius 2 is 1.92 bits per heavy atom. The molecular weight excluding hydrogens is 553 g/mol. The molecule has 0 saturated carbocycles. The average molecular weight is 584 g/mol. The van der Waals surface area contributed by atoms with Crippen molar-refractivity contribution in [2.45, 2.75) is 39.2 Å². The summed E-state index contributed by atoms with van der Waals surface area (Å²) in [6.45, 7) is 3.33. The van der Waals surface area contributed by atoms with Gasteiger partial charge in [0.1, 0.15) is 5.75 Å². The Labute approximate surface area is 230 Å². The molecule has 38 heavy (non-hydrogen) atoms. The zero-order valence-electron chi connectivity index (χ0n) is 21.2. The third kappa shape index (κ3) is 5.50. The third-order valence-electron chi connectivity index (χ3n) is 7.51. The van der Waals surface area contributed by atoms with Crippen molar-refractivity contribution >= 4 is 52.1 Å². The van der Waals surface area contributed by atoms with Gasteiger partial charge in [-0.3, -0.25) is 14.5 Å². The number of imide groups is 1. The molecule has 2 aromatic rings. The maximum absolute atomic E-state index is 13.5. The molecule has 8 nitrogen and oxygen atoms in total. The number of amides is 2. The molecule has 0 unspecified atom stereocenters. The van der Waals surface area contributed by atoms with E-state index in [-0.39, 0.29) is 23.3 Å². The average Bonchev–Trinajstić information content (AvgIpc) is 3.13. The Bertz CT molecular complexity index is 1310. The van der Waals surface area contributed by atoms with Crippen LogP contribution in [0.3, 0.4) is 0 Å². The highest BCUT2D eigenvalue weighted by Gasteiger charge is 2.54. The zero-order valence-corrected chi connectivity index (χ0v) is 22.8. The van der Waals surface area contributed by atoms with Crippen molar-refractivity contribution in [2.24, 2.45) is 17.8 Å². The summed E-state index contributed by atoms with van der Waals surface area (Å²) in [7, 11) is -1.74. The molecular formula is C28H31BBrNO7.